The van der Waals surface area contributed by atoms with E-state index in [-0.39, 0.29) is 31.7 Å². The first-order chi connectivity index (χ1) is 28.4. The maximum atomic E-state index is 14.1. The van der Waals surface area contributed by atoms with E-state index in [1.807, 2.05) is 0 Å². The fourth-order valence-electron chi connectivity index (χ4n) is 8.40. The van der Waals surface area contributed by atoms with E-state index < -0.39 is 60.4 Å². The zero-order valence-electron chi connectivity index (χ0n) is 37.8. The molecule has 0 aliphatic carbocycles. The Morgan fingerprint density at radius 2 is 1.00 bits per heavy atom. The van der Waals surface area contributed by atoms with E-state index in [2.05, 4.69) is 19.2 Å². The number of amides is 2. The summed E-state index contributed by atoms with van der Waals surface area (Å²) in [6.07, 6.45) is 27.4. The van der Waals surface area contributed by atoms with Crippen molar-refractivity contribution in [3.05, 3.63) is 0 Å². The lowest BCUT2D eigenvalue weighted by molar-refractivity contribution is -0.291. The molecule has 2 amide bonds. The Labute approximate surface area is 358 Å². The van der Waals surface area contributed by atoms with Gasteiger partial charge in [-0.05, 0) is 32.6 Å². The second-order valence-electron chi connectivity index (χ2n) is 17.5. The Balaban J connectivity index is 2.91. The Bertz CT molecular complexity index is 1110. The third kappa shape index (κ3) is 23.6. The molecule has 0 spiro atoms. The number of hydrogen-bond acceptors (Lipinski definition) is 9. The van der Waals surface area contributed by atoms with Crippen LogP contribution in [0.25, 0.3) is 0 Å². The summed E-state index contributed by atoms with van der Waals surface area (Å²) in [6.45, 7) is 5.39. The highest BCUT2D eigenvalue weighted by atomic mass is 16.6. The van der Waals surface area contributed by atoms with E-state index >= 15 is 0 Å². The molecule has 1 aliphatic heterocycles. The molecule has 0 saturated carbocycles. The molecule has 0 aromatic rings. The number of nitrogens with two attached hydrogens (primary N) is 1. The SMILES string of the molecule is CCCCCCCCCCCCCCCCCC(=O)N(CCCCCCCCCCCCCC)[C@]1(N)O[C@H](CO)[C@@H](O)[C@H](O)[C@H]1C(=O)[C@H](C)NC(=O)CCCCC(=O)O. The number of rotatable bonds is 39. The molecule has 1 heterocycles. The number of aliphatic hydroxyl groups is 3. The van der Waals surface area contributed by atoms with Crippen molar-refractivity contribution >= 4 is 23.6 Å². The predicted octanol–water partition coefficient (Wildman–Crippen LogP) is 8.84. The summed E-state index contributed by atoms with van der Waals surface area (Å²) in [5, 5.41) is 44.0. The molecule has 0 aromatic heterocycles. The van der Waals surface area contributed by atoms with Gasteiger partial charge in [0.2, 0.25) is 17.7 Å². The maximum Gasteiger partial charge on any atom is 0.303 e. The number of carboxylic acid groups (broad SMARTS) is 1. The van der Waals surface area contributed by atoms with Gasteiger partial charge >= 0.3 is 5.97 Å². The van der Waals surface area contributed by atoms with Crippen LogP contribution in [0.4, 0.5) is 0 Å². The first-order valence-electron chi connectivity index (χ1n) is 24.2. The van der Waals surface area contributed by atoms with Crippen LogP contribution in [-0.2, 0) is 23.9 Å². The number of unbranched alkanes of at least 4 members (excludes halogenated alkanes) is 26. The summed E-state index contributed by atoms with van der Waals surface area (Å²) in [7, 11) is 0. The van der Waals surface area contributed by atoms with Gasteiger partial charge in [-0.3, -0.25) is 24.9 Å². The summed E-state index contributed by atoms with van der Waals surface area (Å²) >= 11 is 0. The molecule has 346 valence electrons. The predicted molar refractivity (Wildman–Crippen MR) is 235 cm³/mol. The number of carbonyl (C=O) groups is 4. The number of Topliss-reactive ketones (excluding diaryl/α,β-unsaturated/α-hetero) is 1. The highest BCUT2D eigenvalue weighted by Gasteiger charge is 2.59. The van der Waals surface area contributed by atoms with Crippen molar-refractivity contribution in [2.24, 2.45) is 11.7 Å². The van der Waals surface area contributed by atoms with Gasteiger partial charge in [0.1, 0.15) is 18.1 Å². The van der Waals surface area contributed by atoms with Crippen molar-refractivity contribution in [1.29, 1.82) is 0 Å². The Kier molecular flexibility index (Phi) is 32.1. The molecule has 12 heteroatoms. The molecular formula is C47H89N3O9. The molecule has 1 fully saturated rings. The summed E-state index contributed by atoms with van der Waals surface area (Å²) < 4.78 is 6.10. The largest absolute Gasteiger partial charge is 0.481 e. The molecular weight excluding hydrogens is 751 g/mol. The van der Waals surface area contributed by atoms with Crippen molar-refractivity contribution in [1.82, 2.24) is 10.2 Å². The van der Waals surface area contributed by atoms with Gasteiger partial charge < -0.3 is 35.4 Å². The van der Waals surface area contributed by atoms with Crippen LogP contribution in [0.1, 0.15) is 226 Å². The monoisotopic (exact) mass is 840 g/mol. The van der Waals surface area contributed by atoms with Gasteiger partial charge in [0.05, 0.1) is 18.8 Å². The molecule has 7 N–H and O–H groups in total. The Morgan fingerprint density at radius 3 is 1.42 bits per heavy atom. The molecule has 0 aromatic carbocycles. The summed E-state index contributed by atoms with van der Waals surface area (Å²) in [5.41, 5.74) is 6.97. The van der Waals surface area contributed by atoms with Crippen LogP contribution in [0.5, 0.6) is 0 Å². The quantitative estimate of drug-likeness (QED) is 0.0257. The summed E-state index contributed by atoms with van der Waals surface area (Å²) in [4.78, 5) is 53.2. The molecule has 6 atom stereocenters. The number of aliphatic carboxylic acids is 1. The minimum absolute atomic E-state index is 0.000420. The molecule has 1 saturated heterocycles. The van der Waals surface area contributed by atoms with Crippen LogP contribution < -0.4 is 11.1 Å². The van der Waals surface area contributed by atoms with E-state index in [1.54, 1.807) is 0 Å². The van der Waals surface area contributed by atoms with E-state index in [9.17, 15) is 34.5 Å². The van der Waals surface area contributed by atoms with Gasteiger partial charge in [-0.1, -0.05) is 174 Å². The van der Waals surface area contributed by atoms with Gasteiger partial charge in [-0.2, -0.15) is 0 Å². The highest BCUT2D eigenvalue weighted by Crippen LogP contribution is 2.36. The van der Waals surface area contributed by atoms with E-state index in [0.717, 1.165) is 44.9 Å². The number of nitrogens with zero attached hydrogens (tertiary/aromatic N) is 1. The molecule has 59 heavy (non-hydrogen) atoms. The van der Waals surface area contributed by atoms with Gasteiger partial charge in [-0.15, -0.1) is 0 Å². The third-order valence-electron chi connectivity index (χ3n) is 12.1. The van der Waals surface area contributed by atoms with Crippen LogP contribution in [0.3, 0.4) is 0 Å². The number of nitrogens with one attached hydrogen (secondary N) is 1. The first-order valence-corrected chi connectivity index (χ1v) is 24.2. The number of carboxylic acids is 1. The number of ketones is 1. The van der Waals surface area contributed by atoms with E-state index in [0.29, 0.717) is 25.7 Å². The minimum atomic E-state index is -2.19. The normalized spacial score (nSPS) is 21.0. The number of ether oxygens (including phenoxy) is 1. The summed E-state index contributed by atoms with van der Waals surface area (Å²) in [5.74, 6) is -6.27. The molecule has 1 aliphatic rings. The van der Waals surface area contributed by atoms with Crippen molar-refractivity contribution < 1.29 is 44.3 Å². The molecule has 0 unspecified atom stereocenters. The zero-order chi connectivity index (χ0) is 43.7. The lowest BCUT2D eigenvalue weighted by Gasteiger charge is -2.53. The van der Waals surface area contributed by atoms with Crippen LogP contribution in [0.2, 0.25) is 0 Å². The second-order valence-corrected chi connectivity index (χ2v) is 17.5. The molecule has 12 nitrogen and oxygen atoms in total. The average molecular weight is 840 g/mol. The van der Waals surface area contributed by atoms with Crippen molar-refractivity contribution in [2.75, 3.05) is 13.2 Å². The van der Waals surface area contributed by atoms with Gasteiger partial charge in [0, 0.05) is 25.8 Å². The van der Waals surface area contributed by atoms with Crippen LogP contribution >= 0.6 is 0 Å². The smallest absolute Gasteiger partial charge is 0.303 e. The standard InChI is InChI=1S/C47H89N3O9/c1-4-6-8-10-12-14-16-18-19-20-21-23-25-27-29-34-41(53)50(36-32-28-26-24-22-17-15-13-11-9-7-5-2)47(48)43(46(58)45(57)39(37-51)59-47)44(56)38(3)49-40(52)33-30-31-35-42(54)55/h38-39,43,45-46,51,57-58H,4-37,48H2,1-3H3,(H,49,52)(H,54,55)/t38-,39+,43+,45+,46+,47-/m0/s1. The highest BCUT2D eigenvalue weighted by molar-refractivity contribution is 5.92. The van der Waals surface area contributed by atoms with Crippen LogP contribution in [-0.4, -0.2) is 92.2 Å². The van der Waals surface area contributed by atoms with Crippen LogP contribution in [0, 0.1) is 5.92 Å². The van der Waals surface area contributed by atoms with Crippen molar-refractivity contribution in [3.8, 4) is 0 Å². The Morgan fingerprint density at radius 1 is 0.610 bits per heavy atom. The van der Waals surface area contributed by atoms with Crippen molar-refractivity contribution in [3.63, 3.8) is 0 Å². The van der Waals surface area contributed by atoms with E-state index in [4.69, 9.17) is 15.6 Å². The number of aliphatic hydroxyl groups excluding tert-OH is 3. The first kappa shape index (κ1) is 54.9. The lowest BCUT2D eigenvalue weighted by atomic mass is 9.80. The molecule has 0 bridgehead atoms. The maximum absolute atomic E-state index is 14.1. The number of hydrogen-bond donors (Lipinski definition) is 6. The molecule has 1 rings (SSSR count). The zero-order valence-corrected chi connectivity index (χ0v) is 37.8. The number of carbonyl (C=O) groups excluding carboxylic acids is 3. The summed E-state index contributed by atoms with van der Waals surface area (Å²) in [6, 6.07) is -1.16. The fraction of sp³-hybridized carbons (Fsp3) is 0.915. The van der Waals surface area contributed by atoms with Gasteiger partial charge in [0.15, 0.2) is 5.78 Å². The minimum Gasteiger partial charge on any atom is -0.481 e. The fourth-order valence-corrected chi connectivity index (χ4v) is 8.40. The second kappa shape index (κ2) is 34.5. The Hall–Kier alpha value is -2.12. The van der Waals surface area contributed by atoms with E-state index in [1.165, 1.54) is 127 Å². The average Bonchev–Trinajstić information content (AvgIpc) is 3.20. The lowest BCUT2D eigenvalue weighted by Crippen LogP contribution is -2.76. The van der Waals surface area contributed by atoms with Crippen molar-refractivity contribution in [2.45, 2.75) is 256 Å². The topological polar surface area (TPSA) is 200 Å². The third-order valence-corrected chi connectivity index (χ3v) is 12.1. The molecule has 0 radical (unpaired) electrons. The van der Waals surface area contributed by atoms with Gasteiger partial charge in [0.25, 0.3) is 0 Å². The van der Waals surface area contributed by atoms with Gasteiger partial charge in [-0.25, -0.2) is 0 Å². The van der Waals surface area contributed by atoms with Crippen LogP contribution in [0.15, 0.2) is 0 Å².